The molecule has 0 spiro atoms. The summed E-state index contributed by atoms with van der Waals surface area (Å²) in [7, 11) is 0. The Balaban J connectivity index is 1.80. The van der Waals surface area contributed by atoms with Gasteiger partial charge in [0, 0.05) is 16.4 Å². The van der Waals surface area contributed by atoms with Gasteiger partial charge in [-0.15, -0.1) is 0 Å². The SMILES string of the molecule is CC(C)C(O)CC(=O)NC1CC1c1ccc(Br)cc1. The fraction of sp³-hybridized carbons (Fsp3) is 0.533. The summed E-state index contributed by atoms with van der Waals surface area (Å²) >= 11 is 3.41. The molecule has 1 fully saturated rings. The standard InChI is InChI=1S/C15H20BrNO2/c1-9(2)14(18)8-15(19)17-13-7-12(13)10-3-5-11(16)6-4-10/h3-6,9,12-14,18H,7-8H2,1-2H3,(H,17,19). The van der Waals surface area contributed by atoms with E-state index in [1.807, 2.05) is 26.0 Å². The van der Waals surface area contributed by atoms with E-state index in [9.17, 15) is 9.90 Å². The number of carbonyl (C=O) groups is 1. The highest BCUT2D eigenvalue weighted by Gasteiger charge is 2.39. The molecule has 3 unspecified atom stereocenters. The number of benzene rings is 1. The smallest absolute Gasteiger partial charge is 0.222 e. The normalized spacial score (nSPS) is 23.2. The van der Waals surface area contributed by atoms with Crippen molar-refractivity contribution in [1.29, 1.82) is 0 Å². The highest BCUT2D eigenvalue weighted by Crippen LogP contribution is 2.41. The first-order valence-electron chi connectivity index (χ1n) is 6.70. The minimum atomic E-state index is -0.551. The minimum absolute atomic E-state index is 0.0502. The van der Waals surface area contributed by atoms with Gasteiger partial charge in [-0.05, 0) is 30.0 Å². The monoisotopic (exact) mass is 325 g/mol. The second-order valence-corrected chi connectivity index (χ2v) is 6.50. The van der Waals surface area contributed by atoms with E-state index < -0.39 is 6.10 Å². The summed E-state index contributed by atoms with van der Waals surface area (Å²) in [6.07, 6.45) is 0.636. The Labute approximate surface area is 122 Å². The highest BCUT2D eigenvalue weighted by molar-refractivity contribution is 9.10. The molecule has 4 heteroatoms. The van der Waals surface area contributed by atoms with Gasteiger partial charge in [-0.3, -0.25) is 4.79 Å². The van der Waals surface area contributed by atoms with Crippen LogP contribution in [-0.4, -0.2) is 23.2 Å². The fourth-order valence-corrected chi connectivity index (χ4v) is 2.39. The van der Waals surface area contributed by atoms with Crippen LogP contribution in [-0.2, 0) is 4.79 Å². The second kappa shape index (κ2) is 6.06. The zero-order valence-electron chi connectivity index (χ0n) is 11.3. The van der Waals surface area contributed by atoms with Crippen LogP contribution in [0.4, 0.5) is 0 Å². The second-order valence-electron chi connectivity index (χ2n) is 5.58. The Morgan fingerprint density at radius 2 is 2.05 bits per heavy atom. The summed E-state index contributed by atoms with van der Waals surface area (Å²) in [6.45, 7) is 3.83. The molecule has 1 saturated carbocycles. The number of nitrogens with one attached hydrogen (secondary N) is 1. The van der Waals surface area contributed by atoms with Gasteiger partial charge in [0.2, 0.25) is 5.91 Å². The van der Waals surface area contributed by atoms with Crippen LogP contribution in [0.2, 0.25) is 0 Å². The molecular weight excluding hydrogens is 306 g/mol. The predicted octanol–water partition coefficient (Wildman–Crippen LogP) is 2.83. The first kappa shape index (κ1) is 14.5. The summed E-state index contributed by atoms with van der Waals surface area (Å²) < 4.78 is 1.07. The van der Waals surface area contributed by atoms with E-state index in [-0.39, 0.29) is 24.3 Å². The van der Waals surface area contributed by atoms with Gasteiger partial charge in [0.1, 0.15) is 0 Å². The molecule has 19 heavy (non-hydrogen) atoms. The Kier molecular flexibility index (Phi) is 4.63. The lowest BCUT2D eigenvalue weighted by atomic mass is 10.0. The molecule has 1 aliphatic rings. The van der Waals surface area contributed by atoms with Crippen LogP contribution < -0.4 is 5.32 Å². The molecule has 1 aromatic rings. The number of aliphatic hydroxyl groups is 1. The summed E-state index contributed by atoms with van der Waals surface area (Å²) in [5, 5.41) is 12.7. The minimum Gasteiger partial charge on any atom is -0.392 e. The van der Waals surface area contributed by atoms with Gasteiger partial charge in [0.25, 0.3) is 0 Å². The zero-order chi connectivity index (χ0) is 14.0. The molecule has 3 atom stereocenters. The number of hydrogen-bond donors (Lipinski definition) is 2. The van der Waals surface area contributed by atoms with Crippen LogP contribution in [0, 0.1) is 5.92 Å². The van der Waals surface area contributed by atoms with Crippen molar-refractivity contribution in [3.8, 4) is 0 Å². The van der Waals surface area contributed by atoms with Crippen LogP contribution in [0.5, 0.6) is 0 Å². The van der Waals surface area contributed by atoms with Crippen LogP contribution in [0.1, 0.15) is 38.2 Å². The number of rotatable bonds is 5. The van der Waals surface area contributed by atoms with E-state index in [1.54, 1.807) is 0 Å². The Morgan fingerprint density at radius 1 is 1.42 bits per heavy atom. The molecule has 0 bridgehead atoms. The molecule has 0 radical (unpaired) electrons. The molecule has 104 valence electrons. The maximum atomic E-state index is 11.8. The van der Waals surface area contributed by atoms with Crippen molar-refractivity contribution < 1.29 is 9.90 Å². The van der Waals surface area contributed by atoms with Crippen molar-refractivity contribution >= 4 is 21.8 Å². The van der Waals surface area contributed by atoms with E-state index in [2.05, 4.69) is 33.4 Å². The van der Waals surface area contributed by atoms with Crippen molar-refractivity contribution in [2.45, 2.75) is 44.8 Å². The molecule has 2 rings (SSSR count). The van der Waals surface area contributed by atoms with E-state index in [0.717, 1.165) is 10.9 Å². The van der Waals surface area contributed by atoms with E-state index in [1.165, 1.54) is 5.56 Å². The Bertz CT molecular complexity index is 444. The van der Waals surface area contributed by atoms with Crippen molar-refractivity contribution in [2.75, 3.05) is 0 Å². The van der Waals surface area contributed by atoms with Crippen LogP contribution >= 0.6 is 15.9 Å². The largest absolute Gasteiger partial charge is 0.392 e. The topological polar surface area (TPSA) is 49.3 Å². The molecule has 0 saturated heterocycles. The van der Waals surface area contributed by atoms with Gasteiger partial charge in [-0.1, -0.05) is 41.9 Å². The first-order valence-corrected chi connectivity index (χ1v) is 7.49. The third-order valence-electron chi connectivity index (χ3n) is 3.60. The van der Waals surface area contributed by atoms with Gasteiger partial charge >= 0.3 is 0 Å². The summed E-state index contributed by atoms with van der Waals surface area (Å²) in [6, 6.07) is 8.45. The number of hydrogen-bond acceptors (Lipinski definition) is 2. The quantitative estimate of drug-likeness (QED) is 0.874. The molecule has 3 nitrogen and oxygen atoms in total. The lowest BCUT2D eigenvalue weighted by Crippen LogP contribution is -2.31. The van der Waals surface area contributed by atoms with E-state index >= 15 is 0 Å². The molecule has 1 aliphatic carbocycles. The summed E-state index contributed by atoms with van der Waals surface area (Å²) in [5.74, 6) is 0.492. The average molecular weight is 326 g/mol. The van der Waals surface area contributed by atoms with Crippen molar-refractivity contribution in [3.63, 3.8) is 0 Å². The molecule has 0 aromatic heterocycles. The molecule has 2 N–H and O–H groups in total. The van der Waals surface area contributed by atoms with E-state index in [0.29, 0.717) is 5.92 Å². The molecule has 0 heterocycles. The number of amides is 1. The Hall–Kier alpha value is -0.870. The molecule has 1 amide bonds. The predicted molar refractivity (Wildman–Crippen MR) is 78.9 cm³/mol. The van der Waals surface area contributed by atoms with Gasteiger partial charge in [-0.25, -0.2) is 0 Å². The molecule has 1 aromatic carbocycles. The van der Waals surface area contributed by atoms with Gasteiger partial charge < -0.3 is 10.4 Å². The maximum absolute atomic E-state index is 11.8. The lowest BCUT2D eigenvalue weighted by Gasteiger charge is -2.14. The van der Waals surface area contributed by atoms with Crippen molar-refractivity contribution in [1.82, 2.24) is 5.32 Å². The van der Waals surface area contributed by atoms with Crippen LogP contribution in [0.3, 0.4) is 0 Å². The third-order valence-corrected chi connectivity index (χ3v) is 4.13. The van der Waals surface area contributed by atoms with Crippen molar-refractivity contribution in [2.24, 2.45) is 5.92 Å². The number of carbonyl (C=O) groups excluding carboxylic acids is 1. The molecular formula is C15H20BrNO2. The number of halogens is 1. The third kappa shape index (κ3) is 4.05. The zero-order valence-corrected chi connectivity index (χ0v) is 12.9. The summed E-state index contributed by atoms with van der Waals surface area (Å²) in [5.41, 5.74) is 1.26. The summed E-state index contributed by atoms with van der Waals surface area (Å²) in [4.78, 5) is 11.8. The lowest BCUT2D eigenvalue weighted by molar-refractivity contribution is -0.123. The van der Waals surface area contributed by atoms with Crippen LogP contribution in [0.15, 0.2) is 28.7 Å². The fourth-order valence-electron chi connectivity index (χ4n) is 2.12. The average Bonchev–Trinajstić information content (AvgIpc) is 3.08. The maximum Gasteiger partial charge on any atom is 0.222 e. The van der Waals surface area contributed by atoms with E-state index in [4.69, 9.17) is 0 Å². The van der Waals surface area contributed by atoms with Crippen LogP contribution in [0.25, 0.3) is 0 Å². The van der Waals surface area contributed by atoms with Gasteiger partial charge in [-0.2, -0.15) is 0 Å². The molecule has 0 aliphatic heterocycles. The van der Waals surface area contributed by atoms with Gasteiger partial charge in [0.15, 0.2) is 0 Å². The number of aliphatic hydroxyl groups excluding tert-OH is 1. The van der Waals surface area contributed by atoms with Crippen molar-refractivity contribution in [3.05, 3.63) is 34.3 Å². The van der Waals surface area contributed by atoms with Gasteiger partial charge in [0.05, 0.1) is 12.5 Å². The highest BCUT2D eigenvalue weighted by atomic mass is 79.9. The first-order chi connectivity index (χ1) is 8.97. The Morgan fingerprint density at radius 3 is 2.63 bits per heavy atom.